The first-order valence-electron chi connectivity index (χ1n) is 7.81. The van der Waals surface area contributed by atoms with E-state index in [0.29, 0.717) is 6.61 Å². The number of hydrogen-bond donors (Lipinski definition) is 2. The minimum absolute atomic E-state index is 0.161. The number of para-hydroxylation sites is 1. The molecule has 0 bridgehead atoms. The molecule has 0 aliphatic carbocycles. The highest BCUT2D eigenvalue weighted by Gasteiger charge is 2.38. The molecule has 4 nitrogen and oxygen atoms in total. The zero-order valence-corrected chi connectivity index (χ0v) is 13.1. The Morgan fingerprint density at radius 3 is 2.71 bits per heavy atom. The van der Waals surface area contributed by atoms with Crippen LogP contribution >= 0.6 is 0 Å². The molecule has 0 saturated carbocycles. The molecule has 0 spiro atoms. The van der Waals surface area contributed by atoms with Crippen LogP contribution in [0.2, 0.25) is 0 Å². The Hall–Kier alpha value is -1.39. The second-order valence-electron chi connectivity index (χ2n) is 5.82. The van der Waals surface area contributed by atoms with Crippen LogP contribution in [0, 0.1) is 5.41 Å². The summed E-state index contributed by atoms with van der Waals surface area (Å²) in [5.41, 5.74) is 1.67. The molecule has 1 fully saturated rings. The molecular weight excluding hydrogens is 264 g/mol. The molecule has 116 valence electrons. The van der Waals surface area contributed by atoms with Gasteiger partial charge in [-0.15, -0.1) is 0 Å². The Balaban J connectivity index is 2.15. The summed E-state index contributed by atoms with van der Waals surface area (Å²) in [7, 11) is 1.67. The van der Waals surface area contributed by atoms with E-state index in [1.165, 1.54) is 0 Å². The van der Waals surface area contributed by atoms with Crippen LogP contribution in [0.3, 0.4) is 0 Å². The average molecular weight is 290 g/mol. The number of ether oxygens (including phenoxy) is 1. The second kappa shape index (κ2) is 7.57. The number of methoxy groups -OCH3 is 1. The molecule has 1 aromatic rings. The Kier molecular flexibility index (Phi) is 5.76. The highest BCUT2D eigenvalue weighted by Crippen LogP contribution is 2.35. The Bertz CT molecular complexity index is 462. The number of piperidine rings is 1. The molecule has 1 amide bonds. The van der Waals surface area contributed by atoms with E-state index >= 15 is 0 Å². The highest BCUT2D eigenvalue weighted by molar-refractivity contribution is 5.96. The molecule has 0 unspecified atom stereocenters. The van der Waals surface area contributed by atoms with Gasteiger partial charge in [0.15, 0.2) is 0 Å². The first kappa shape index (κ1) is 16.0. The van der Waals surface area contributed by atoms with E-state index in [-0.39, 0.29) is 11.3 Å². The predicted octanol–water partition coefficient (Wildman–Crippen LogP) is 2.94. The van der Waals surface area contributed by atoms with Crippen LogP contribution in [-0.4, -0.2) is 26.1 Å². The van der Waals surface area contributed by atoms with Gasteiger partial charge in [0.25, 0.3) is 0 Å². The summed E-state index contributed by atoms with van der Waals surface area (Å²) in [5.74, 6) is 0.161. The first-order valence-corrected chi connectivity index (χ1v) is 7.81. The van der Waals surface area contributed by atoms with Gasteiger partial charge in [-0.05, 0) is 38.4 Å². The quantitative estimate of drug-likeness (QED) is 0.847. The minimum atomic E-state index is -0.222. The molecule has 2 rings (SSSR count). The molecule has 1 aliphatic rings. The van der Waals surface area contributed by atoms with Crippen LogP contribution in [0.15, 0.2) is 24.3 Å². The maximum atomic E-state index is 12.9. The fourth-order valence-corrected chi connectivity index (χ4v) is 3.15. The summed E-state index contributed by atoms with van der Waals surface area (Å²) in [5, 5.41) is 6.49. The van der Waals surface area contributed by atoms with Crippen molar-refractivity contribution >= 4 is 11.6 Å². The van der Waals surface area contributed by atoms with Crippen LogP contribution < -0.4 is 10.6 Å². The molecule has 0 atom stereocenters. The van der Waals surface area contributed by atoms with E-state index in [2.05, 4.69) is 17.6 Å². The SMILES string of the molecule is CCCC1(C(=O)Nc2ccccc2COC)CCNCC1. The predicted molar refractivity (Wildman–Crippen MR) is 85.2 cm³/mol. The topological polar surface area (TPSA) is 50.4 Å². The van der Waals surface area contributed by atoms with E-state index in [0.717, 1.165) is 50.0 Å². The lowest BCUT2D eigenvalue weighted by molar-refractivity contribution is -0.127. The van der Waals surface area contributed by atoms with Gasteiger partial charge in [-0.2, -0.15) is 0 Å². The Labute approximate surface area is 127 Å². The lowest BCUT2D eigenvalue weighted by Gasteiger charge is -2.36. The van der Waals surface area contributed by atoms with Crippen LogP contribution in [-0.2, 0) is 16.1 Å². The minimum Gasteiger partial charge on any atom is -0.380 e. The number of benzene rings is 1. The number of nitrogens with one attached hydrogen (secondary N) is 2. The van der Waals surface area contributed by atoms with Crippen LogP contribution in [0.25, 0.3) is 0 Å². The zero-order chi connectivity index (χ0) is 15.1. The fraction of sp³-hybridized carbons (Fsp3) is 0.588. The lowest BCUT2D eigenvalue weighted by atomic mass is 9.74. The largest absolute Gasteiger partial charge is 0.380 e. The summed E-state index contributed by atoms with van der Waals surface area (Å²) in [6.07, 6.45) is 3.82. The number of carbonyl (C=O) groups excluding carboxylic acids is 1. The van der Waals surface area contributed by atoms with Crippen molar-refractivity contribution in [3.05, 3.63) is 29.8 Å². The van der Waals surface area contributed by atoms with E-state index in [1.54, 1.807) is 7.11 Å². The van der Waals surface area contributed by atoms with Crippen molar-refractivity contribution in [3.8, 4) is 0 Å². The average Bonchev–Trinajstić information content (AvgIpc) is 2.50. The molecular formula is C17H26N2O2. The van der Waals surface area contributed by atoms with Gasteiger partial charge in [-0.1, -0.05) is 31.5 Å². The first-order chi connectivity index (χ1) is 10.2. The number of rotatable bonds is 6. The molecule has 1 heterocycles. The molecule has 21 heavy (non-hydrogen) atoms. The monoisotopic (exact) mass is 290 g/mol. The second-order valence-corrected chi connectivity index (χ2v) is 5.82. The van der Waals surface area contributed by atoms with Crippen molar-refractivity contribution < 1.29 is 9.53 Å². The van der Waals surface area contributed by atoms with Gasteiger partial charge in [-0.3, -0.25) is 4.79 Å². The van der Waals surface area contributed by atoms with Gasteiger partial charge in [0.05, 0.1) is 12.0 Å². The van der Waals surface area contributed by atoms with Crippen molar-refractivity contribution in [1.82, 2.24) is 5.32 Å². The summed E-state index contributed by atoms with van der Waals surface area (Å²) in [4.78, 5) is 12.9. The highest BCUT2D eigenvalue weighted by atomic mass is 16.5. The van der Waals surface area contributed by atoms with Gasteiger partial charge in [-0.25, -0.2) is 0 Å². The van der Waals surface area contributed by atoms with E-state index in [1.807, 2.05) is 24.3 Å². The summed E-state index contributed by atoms with van der Waals surface area (Å²) < 4.78 is 5.21. The van der Waals surface area contributed by atoms with Crippen LogP contribution in [0.4, 0.5) is 5.69 Å². The van der Waals surface area contributed by atoms with Crippen molar-refractivity contribution in [3.63, 3.8) is 0 Å². The maximum absolute atomic E-state index is 12.9. The molecule has 0 radical (unpaired) electrons. The molecule has 1 saturated heterocycles. The number of amides is 1. The number of anilines is 1. The lowest BCUT2D eigenvalue weighted by Crippen LogP contribution is -2.45. The van der Waals surface area contributed by atoms with Crippen molar-refractivity contribution in [2.45, 2.75) is 39.2 Å². The smallest absolute Gasteiger partial charge is 0.230 e. The zero-order valence-electron chi connectivity index (χ0n) is 13.1. The molecule has 1 aliphatic heterocycles. The van der Waals surface area contributed by atoms with Crippen LogP contribution in [0.5, 0.6) is 0 Å². The molecule has 2 N–H and O–H groups in total. The van der Waals surface area contributed by atoms with Crippen molar-refractivity contribution in [2.75, 3.05) is 25.5 Å². The van der Waals surface area contributed by atoms with Gasteiger partial charge in [0.2, 0.25) is 5.91 Å². The number of hydrogen-bond acceptors (Lipinski definition) is 3. The third kappa shape index (κ3) is 3.83. The Morgan fingerprint density at radius 1 is 1.33 bits per heavy atom. The third-order valence-electron chi connectivity index (χ3n) is 4.34. The normalized spacial score (nSPS) is 17.4. The van der Waals surface area contributed by atoms with Crippen molar-refractivity contribution in [1.29, 1.82) is 0 Å². The number of carbonyl (C=O) groups is 1. The van der Waals surface area contributed by atoms with Gasteiger partial charge < -0.3 is 15.4 Å². The summed E-state index contributed by atoms with van der Waals surface area (Å²) in [6, 6.07) is 7.86. The van der Waals surface area contributed by atoms with E-state index in [9.17, 15) is 4.79 Å². The summed E-state index contributed by atoms with van der Waals surface area (Å²) >= 11 is 0. The van der Waals surface area contributed by atoms with E-state index in [4.69, 9.17) is 4.74 Å². The van der Waals surface area contributed by atoms with Crippen molar-refractivity contribution in [2.24, 2.45) is 5.41 Å². The van der Waals surface area contributed by atoms with E-state index < -0.39 is 0 Å². The van der Waals surface area contributed by atoms with Gasteiger partial charge in [0.1, 0.15) is 0 Å². The molecule has 0 aromatic heterocycles. The standard InChI is InChI=1S/C17H26N2O2/c1-3-8-17(9-11-18-12-10-17)16(20)19-15-7-5-4-6-14(15)13-21-2/h4-7,18H,3,8-13H2,1-2H3,(H,19,20). The third-order valence-corrected chi connectivity index (χ3v) is 4.34. The Morgan fingerprint density at radius 2 is 2.05 bits per heavy atom. The van der Waals surface area contributed by atoms with Gasteiger partial charge in [0, 0.05) is 18.4 Å². The molecule has 1 aromatic carbocycles. The van der Waals surface area contributed by atoms with Crippen LogP contribution in [0.1, 0.15) is 38.2 Å². The maximum Gasteiger partial charge on any atom is 0.230 e. The van der Waals surface area contributed by atoms with Gasteiger partial charge >= 0.3 is 0 Å². The summed E-state index contributed by atoms with van der Waals surface area (Å²) in [6.45, 7) is 4.51. The molecule has 4 heteroatoms. The fourth-order valence-electron chi connectivity index (χ4n) is 3.15.